The van der Waals surface area contributed by atoms with Crippen molar-refractivity contribution in [2.24, 2.45) is 0 Å². The lowest BCUT2D eigenvalue weighted by atomic mass is 10.1. The van der Waals surface area contributed by atoms with Crippen LogP contribution in [0.1, 0.15) is 30.9 Å². The molecule has 4 nitrogen and oxygen atoms in total. The van der Waals surface area contributed by atoms with E-state index in [0.29, 0.717) is 10.8 Å². The number of carbonyl (C=O) groups is 1. The van der Waals surface area contributed by atoms with E-state index in [4.69, 9.17) is 11.6 Å². The van der Waals surface area contributed by atoms with Crippen molar-refractivity contribution in [1.29, 1.82) is 0 Å². The number of thioether (sulfide) groups is 1. The maximum atomic E-state index is 13.3. The Morgan fingerprint density at radius 3 is 2.95 bits per heavy atom. The molecule has 1 aliphatic rings. The van der Waals surface area contributed by atoms with Crippen LogP contribution in [0.2, 0.25) is 5.02 Å². The third kappa shape index (κ3) is 4.76. The lowest BCUT2D eigenvalue weighted by Gasteiger charge is -2.16. The average molecular weight is 347 g/mol. The van der Waals surface area contributed by atoms with Crippen LogP contribution >= 0.6 is 23.4 Å². The molecule has 0 aliphatic heterocycles. The Labute approximate surface area is 138 Å². The van der Waals surface area contributed by atoms with Gasteiger partial charge < -0.3 is 15.7 Å². The van der Waals surface area contributed by atoms with Gasteiger partial charge in [-0.15, -0.1) is 0 Å². The van der Waals surface area contributed by atoms with Gasteiger partial charge in [0.15, 0.2) is 0 Å². The first-order valence-corrected chi connectivity index (χ1v) is 8.86. The van der Waals surface area contributed by atoms with Crippen molar-refractivity contribution >= 4 is 29.4 Å². The number of hydrogen-bond donors (Lipinski definition) is 3. The number of hydrogen-bond acceptors (Lipinski definition) is 3. The maximum absolute atomic E-state index is 13.3. The van der Waals surface area contributed by atoms with Crippen LogP contribution < -0.4 is 10.6 Å². The molecular weight excluding hydrogens is 327 g/mol. The summed E-state index contributed by atoms with van der Waals surface area (Å²) < 4.78 is 13.3. The van der Waals surface area contributed by atoms with E-state index in [9.17, 15) is 14.3 Å². The molecule has 1 aromatic carbocycles. The van der Waals surface area contributed by atoms with E-state index in [2.05, 4.69) is 16.9 Å². The van der Waals surface area contributed by atoms with Crippen molar-refractivity contribution in [3.8, 4) is 0 Å². The van der Waals surface area contributed by atoms with Crippen LogP contribution in [0, 0.1) is 5.82 Å². The Hall–Kier alpha value is -0.980. The summed E-state index contributed by atoms with van der Waals surface area (Å²) >= 11 is 7.42. The number of benzene rings is 1. The van der Waals surface area contributed by atoms with Crippen LogP contribution in [0.5, 0.6) is 0 Å². The van der Waals surface area contributed by atoms with Gasteiger partial charge in [0.05, 0.1) is 11.1 Å². The number of aliphatic hydroxyl groups excluding tert-OH is 1. The van der Waals surface area contributed by atoms with E-state index >= 15 is 0 Å². The summed E-state index contributed by atoms with van der Waals surface area (Å²) in [4.78, 5) is 11.8. The Morgan fingerprint density at radius 1 is 1.55 bits per heavy atom. The first kappa shape index (κ1) is 17.4. The average Bonchev–Trinajstić information content (AvgIpc) is 2.95. The minimum Gasteiger partial charge on any atom is -0.387 e. The van der Waals surface area contributed by atoms with Crippen LogP contribution in [-0.4, -0.2) is 35.2 Å². The highest BCUT2D eigenvalue weighted by Gasteiger charge is 2.25. The molecule has 22 heavy (non-hydrogen) atoms. The van der Waals surface area contributed by atoms with Crippen LogP contribution in [0.4, 0.5) is 9.18 Å². The first-order valence-electron chi connectivity index (χ1n) is 7.19. The zero-order chi connectivity index (χ0) is 16.1. The van der Waals surface area contributed by atoms with Crippen molar-refractivity contribution in [2.45, 2.75) is 36.7 Å². The molecule has 2 amide bonds. The SMILES string of the molecule is CS[C@H]1CC[C@H](NC(=O)NC[C@H](O)c2ccc(Cl)c(F)c2)C1. The molecule has 1 aliphatic carbocycles. The smallest absolute Gasteiger partial charge is 0.315 e. The quantitative estimate of drug-likeness (QED) is 0.767. The molecule has 0 saturated heterocycles. The number of carbonyl (C=O) groups excluding carboxylic acids is 1. The molecule has 1 fully saturated rings. The van der Waals surface area contributed by atoms with Crippen molar-refractivity contribution in [3.63, 3.8) is 0 Å². The lowest BCUT2D eigenvalue weighted by Crippen LogP contribution is -2.42. The number of urea groups is 1. The van der Waals surface area contributed by atoms with Crippen LogP contribution in [0.25, 0.3) is 0 Å². The Bertz CT molecular complexity index is 532. The molecule has 0 bridgehead atoms. The molecule has 1 aromatic rings. The van der Waals surface area contributed by atoms with E-state index < -0.39 is 11.9 Å². The van der Waals surface area contributed by atoms with Gasteiger partial charge in [-0.2, -0.15) is 11.8 Å². The topological polar surface area (TPSA) is 61.4 Å². The van der Waals surface area contributed by atoms with E-state index in [0.717, 1.165) is 19.3 Å². The van der Waals surface area contributed by atoms with Gasteiger partial charge in [-0.05, 0) is 43.2 Å². The number of nitrogens with one attached hydrogen (secondary N) is 2. The van der Waals surface area contributed by atoms with Crippen LogP contribution in [-0.2, 0) is 0 Å². The van der Waals surface area contributed by atoms with Gasteiger partial charge in [-0.1, -0.05) is 17.7 Å². The third-order valence-corrected chi connectivity index (χ3v) is 5.24. The van der Waals surface area contributed by atoms with Crippen molar-refractivity contribution < 1.29 is 14.3 Å². The normalized spacial score (nSPS) is 22.4. The molecule has 0 spiro atoms. The molecule has 0 unspecified atom stereocenters. The molecule has 1 saturated carbocycles. The molecule has 0 heterocycles. The fourth-order valence-corrected chi connectivity index (χ4v) is 3.46. The van der Waals surface area contributed by atoms with Gasteiger partial charge in [0.2, 0.25) is 0 Å². The fraction of sp³-hybridized carbons (Fsp3) is 0.533. The highest BCUT2D eigenvalue weighted by Crippen LogP contribution is 2.28. The second kappa shape index (κ2) is 8.04. The summed E-state index contributed by atoms with van der Waals surface area (Å²) in [6.07, 6.45) is 4.16. The number of amides is 2. The molecule has 3 N–H and O–H groups in total. The van der Waals surface area contributed by atoms with Gasteiger partial charge in [0, 0.05) is 17.8 Å². The maximum Gasteiger partial charge on any atom is 0.315 e. The second-order valence-corrected chi connectivity index (χ2v) is 6.96. The Balaban J connectivity index is 1.77. The van der Waals surface area contributed by atoms with E-state index in [-0.39, 0.29) is 23.6 Å². The van der Waals surface area contributed by atoms with Crippen LogP contribution in [0.15, 0.2) is 18.2 Å². The van der Waals surface area contributed by atoms with Gasteiger partial charge in [-0.25, -0.2) is 9.18 Å². The second-order valence-electron chi connectivity index (χ2n) is 5.41. The van der Waals surface area contributed by atoms with Crippen LogP contribution in [0.3, 0.4) is 0 Å². The molecular formula is C15H20ClFN2O2S. The summed E-state index contributed by atoms with van der Waals surface area (Å²) in [7, 11) is 0. The standard InChI is InChI=1S/C15H20ClFN2O2S/c1-22-11-4-3-10(7-11)19-15(21)18-8-14(20)9-2-5-12(16)13(17)6-9/h2,5-6,10-11,14,20H,3-4,7-8H2,1H3,(H2,18,19,21)/t10-,11-,14-/m0/s1. The van der Waals surface area contributed by atoms with Crippen molar-refractivity contribution in [1.82, 2.24) is 10.6 Å². The Morgan fingerprint density at radius 2 is 2.32 bits per heavy atom. The predicted octanol–water partition coefficient (Wildman–Crippen LogP) is 3.10. The molecule has 0 aromatic heterocycles. The van der Waals surface area contributed by atoms with E-state index in [1.165, 1.54) is 18.2 Å². The largest absolute Gasteiger partial charge is 0.387 e. The summed E-state index contributed by atoms with van der Waals surface area (Å²) in [5.41, 5.74) is 0.380. The monoisotopic (exact) mass is 346 g/mol. The highest BCUT2D eigenvalue weighted by atomic mass is 35.5. The summed E-state index contributed by atoms with van der Waals surface area (Å²) in [5, 5.41) is 16.1. The van der Waals surface area contributed by atoms with Gasteiger partial charge in [-0.3, -0.25) is 0 Å². The highest BCUT2D eigenvalue weighted by molar-refractivity contribution is 7.99. The predicted molar refractivity (Wildman–Crippen MR) is 87.8 cm³/mol. The van der Waals surface area contributed by atoms with E-state index in [1.54, 1.807) is 0 Å². The van der Waals surface area contributed by atoms with Crippen molar-refractivity contribution in [2.75, 3.05) is 12.8 Å². The molecule has 2 rings (SSSR count). The minimum atomic E-state index is -0.972. The van der Waals surface area contributed by atoms with Crippen molar-refractivity contribution in [3.05, 3.63) is 34.6 Å². The van der Waals surface area contributed by atoms with Gasteiger partial charge in [0.25, 0.3) is 0 Å². The number of halogens is 2. The summed E-state index contributed by atoms with van der Waals surface area (Å²) in [6, 6.07) is 3.97. The minimum absolute atomic E-state index is 0.00577. The summed E-state index contributed by atoms with van der Waals surface area (Å²) in [5.74, 6) is -0.586. The third-order valence-electron chi connectivity index (χ3n) is 3.84. The zero-order valence-electron chi connectivity index (χ0n) is 12.3. The van der Waals surface area contributed by atoms with Gasteiger partial charge in [0.1, 0.15) is 5.82 Å². The lowest BCUT2D eigenvalue weighted by molar-refractivity contribution is 0.172. The number of aliphatic hydroxyl groups is 1. The molecule has 122 valence electrons. The first-order chi connectivity index (χ1) is 10.5. The Kier molecular flexibility index (Phi) is 6.35. The zero-order valence-corrected chi connectivity index (χ0v) is 13.9. The molecule has 3 atom stereocenters. The fourth-order valence-electron chi connectivity index (χ4n) is 2.55. The molecule has 0 radical (unpaired) electrons. The summed E-state index contributed by atoms with van der Waals surface area (Å²) in [6.45, 7) is 0.0194. The molecule has 7 heteroatoms. The van der Waals surface area contributed by atoms with E-state index in [1.807, 2.05) is 11.8 Å². The van der Waals surface area contributed by atoms with Gasteiger partial charge >= 0.3 is 6.03 Å². The number of rotatable bonds is 5.